The second-order valence-electron chi connectivity index (χ2n) is 2.13. The number of hydrogen-bond acceptors (Lipinski definition) is 2. The number of unbranched alkanes of at least 4 members (excludes halogenated alkanes) is 1. The molecule has 0 aliphatic carbocycles. The number of rotatable bonds is 4. The number of hydrogen-bond donors (Lipinski definition) is 2. The molecule has 0 rings (SSSR count). The largest absolute Gasteiger partial charge is 0.469 e. The minimum absolute atomic E-state index is 0.0622. The molecule has 0 aromatic heterocycles. The van der Waals surface area contributed by atoms with Gasteiger partial charge < -0.3 is 9.79 Å². The van der Waals surface area contributed by atoms with Crippen molar-refractivity contribution < 1.29 is 18.9 Å². The van der Waals surface area contributed by atoms with Crippen molar-refractivity contribution in [3.05, 3.63) is 0 Å². The predicted octanol–water partition coefficient (Wildman–Crippen LogP) is 0.903. The number of phosphoric ester groups is 1. The molecule has 13 heavy (non-hydrogen) atoms. The Morgan fingerprint density at radius 2 is 1.85 bits per heavy atom. The Balaban J connectivity index is 3.40. The summed E-state index contributed by atoms with van der Waals surface area (Å²) in [5.41, 5.74) is 0. The van der Waals surface area contributed by atoms with Crippen LogP contribution in [0.3, 0.4) is 0 Å². The van der Waals surface area contributed by atoms with Gasteiger partial charge in [0.05, 0.1) is 6.61 Å². The van der Waals surface area contributed by atoms with E-state index < -0.39 is 7.82 Å². The van der Waals surface area contributed by atoms with Gasteiger partial charge in [-0.3, -0.25) is 4.52 Å². The third-order valence-electron chi connectivity index (χ3n) is 1.01. The van der Waals surface area contributed by atoms with Gasteiger partial charge in [-0.05, 0) is 0 Å². The molecule has 4 nitrogen and oxygen atoms in total. The Kier molecular flexibility index (Phi) is 6.32. The monoisotopic (exact) mass is 202 g/mol. The van der Waals surface area contributed by atoms with Gasteiger partial charge in [0.25, 0.3) is 0 Å². The lowest BCUT2D eigenvalue weighted by atomic mass is 10.3. The van der Waals surface area contributed by atoms with E-state index in [0.717, 1.165) is 0 Å². The maximum Gasteiger partial charge on any atom is 0.469 e. The van der Waals surface area contributed by atoms with Crippen LogP contribution in [-0.4, -0.2) is 16.4 Å². The van der Waals surface area contributed by atoms with Crippen LogP contribution in [-0.2, 0) is 9.09 Å². The van der Waals surface area contributed by atoms with E-state index in [1.54, 1.807) is 0 Å². The highest BCUT2D eigenvalue weighted by molar-refractivity contribution is 7.46. The average molecular weight is 202 g/mol. The highest BCUT2D eigenvalue weighted by atomic mass is 31.2. The molecule has 0 saturated heterocycles. The van der Waals surface area contributed by atoms with Crippen molar-refractivity contribution in [2.75, 3.05) is 6.61 Å². The van der Waals surface area contributed by atoms with E-state index in [2.05, 4.69) is 22.3 Å². The van der Waals surface area contributed by atoms with Crippen molar-refractivity contribution in [1.82, 2.24) is 0 Å². The Labute approximate surface area is 77.5 Å². The molecule has 0 aromatic rings. The minimum Gasteiger partial charge on any atom is -0.303 e. The first-order valence-electron chi connectivity index (χ1n) is 3.65. The van der Waals surface area contributed by atoms with E-state index in [-0.39, 0.29) is 6.61 Å². The van der Waals surface area contributed by atoms with Crippen LogP contribution in [0.4, 0.5) is 0 Å². The first kappa shape index (κ1) is 12.2. The zero-order valence-electron chi connectivity index (χ0n) is 7.06. The van der Waals surface area contributed by atoms with Gasteiger partial charge in [-0.1, -0.05) is 0 Å². The van der Waals surface area contributed by atoms with E-state index in [0.29, 0.717) is 19.3 Å². The molecule has 2 N–H and O–H groups in total. The quantitative estimate of drug-likeness (QED) is 0.404. The lowest BCUT2D eigenvalue weighted by Gasteiger charge is -2.00. The zero-order valence-corrected chi connectivity index (χ0v) is 7.96. The van der Waals surface area contributed by atoms with Gasteiger partial charge in [-0.15, -0.1) is 24.2 Å². The van der Waals surface area contributed by atoms with Crippen molar-refractivity contribution in [3.8, 4) is 24.2 Å². The summed E-state index contributed by atoms with van der Waals surface area (Å²) >= 11 is 0. The van der Waals surface area contributed by atoms with E-state index in [4.69, 9.17) is 16.2 Å². The molecule has 0 heterocycles. The van der Waals surface area contributed by atoms with Crippen molar-refractivity contribution in [3.63, 3.8) is 0 Å². The van der Waals surface area contributed by atoms with Crippen molar-refractivity contribution in [2.24, 2.45) is 0 Å². The summed E-state index contributed by atoms with van der Waals surface area (Å²) in [6.45, 7) is -0.0622. The Hall–Kier alpha value is -0.770. The minimum atomic E-state index is -4.33. The summed E-state index contributed by atoms with van der Waals surface area (Å²) in [6, 6.07) is 0. The van der Waals surface area contributed by atoms with Crippen molar-refractivity contribution >= 4 is 7.82 Å². The molecule has 0 fully saturated rings. The molecule has 0 amide bonds. The maximum atomic E-state index is 10.2. The molecule has 72 valence electrons. The fourth-order valence-electron chi connectivity index (χ4n) is 0.527. The number of terminal acetylenes is 1. The van der Waals surface area contributed by atoms with Crippen LogP contribution in [0, 0.1) is 24.2 Å². The van der Waals surface area contributed by atoms with Crippen molar-refractivity contribution in [1.29, 1.82) is 0 Å². The van der Waals surface area contributed by atoms with Gasteiger partial charge in [0.15, 0.2) is 0 Å². The van der Waals surface area contributed by atoms with Gasteiger partial charge in [0, 0.05) is 19.3 Å². The average Bonchev–Trinajstić information content (AvgIpc) is 2.01. The summed E-state index contributed by atoms with van der Waals surface area (Å²) < 4.78 is 14.3. The Morgan fingerprint density at radius 1 is 1.23 bits per heavy atom. The normalized spacial score (nSPS) is 9.92. The molecule has 0 aliphatic heterocycles. The fourth-order valence-corrected chi connectivity index (χ4v) is 0.856. The van der Waals surface area contributed by atoms with Crippen LogP contribution >= 0.6 is 7.82 Å². The lowest BCUT2D eigenvalue weighted by molar-refractivity contribution is 0.201. The topological polar surface area (TPSA) is 66.8 Å². The first-order valence-corrected chi connectivity index (χ1v) is 5.18. The standard InChI is InChI=1S/C8H11O4P/c1-2-3-4-5-6-7-8-12-13(9,10)11/h1H,3-4,7-8H2,(H2,9,10,11). The second-order valence-corrected chi connectivity index (χ2v) is 3.37. The highest BCUT2D eigenvalue weighted by Crippen LogP contribution is 2.35. The smallest absolute Gasteiger partial charge is 0.303 e. The van der Waals surface area contributed by atoms with Crippen LogP contribution in [0.1, 0.15) is 19.3 Å². The molecule has 0 spiro atoms. The summed E-state index contributed by atoms with van der Waals surface area (Å²) in [6.07, 6.45) is 6.48. The maximum absolute atomic E-state index is 10.2. The summed E-state index contributed by atoms with van der Waals surface area (Å²) in [7, 11) is -4.33. The number of phosphoric acid groups is 1. The van der Waals surface area contributed by atoms with Crippen LogP contribution in [0.15, 0.2) is 0 Å². The second kappa shape index (κ2) is 6.71. The summed E-state index contributed by atoms with van der Waals surface area (Å²) in [4.78, 5) is 16.5. The highest BCUT2D eigenvalue weighted by Gasteiger charge is 2.11. The van der Waals surface area contributed by atoms with E-state index >= 15 is 0 Å². The molecule has 0 aromatic carbocycles. The van der Waals surface area contributed by atoms with Gasteiger partial charge in [0.2, 0.25) is 0 Å². The molecular weight excluding hydrogens is 191 g/mol. The predicted molar refractivity (Wildman–Crippen MR) is 48.5 cm³/mol. The molecule has 0 saturated carbocycles. The van der Waals surface area contributed by atoms with E-state index in [1.165, 1.54) is 0 Å². The van der Waals surface area contributed by atoms with Gasteiger partial charge in [-0.2, -0.15) is 0 Å². The van der Waals surface area contributed by atoms with Gasteiger partial charge in [-0.25, -0.2) is 4.57 Å². The molecular formula is C8H11O4P. The van der Waals surface area contributed by atoms with Gasteiger partial charge >= 0.3 is 7.82 Å². The first-order chi connectivity index (χ1) is 6.06. The van der Waals surface area contributed by atoms with E-state index in [9.17, 15) is 4.57 Å². The van der Waals surface area contributed by atoms with Gasteiger partial charge in [0.1, 0.15) is 0 Å². The van der Waals surface area contributed by atoms with Crippen LogP contribution in [0.25, 0.3) is 0 Å². The summed E-state index contributed by atoms with van der Waals surface area (Å²) in [5.74, 6) is 7.85. The SMILES string of the molecule is C#CCCC#CCCOP(=O)(O)O. The van der Waals surface area contributed by atoms with Crippen LogP contribution < -0.4 is 0 Å². The Morgan fingerprint density at radius 3 is 2.38 bits per heavy atom. The Bertz CT molecular complexity index is 275. The van der Waals surface area contributed by atoms with E-state index in [1.807, 2.05) is 0 Å². The third kappa shape index (κ3) is 11.2. The molecule has 0 aliphatic rings. The molecule has 5 heteroatoms. The summed E-state index contributed by atoms with van der Waals surface area (Å²) in [5, 5.41) is 0. The van der Waals surface area contributed by atoms with Crippen molar-refractivity contribution in [2.45, 2.75) is 19.3 Å². The van der Waals surface area contributed by atoms with Crippen LogP contribution in [0.2, 0.25) is 0 Å². The zero-order chi connectivity index (χ0) is 10.2. The molecule has 0 unspecified atom stereocenters. The third-order valence-corrected chi connectivity index (χ3v) is 1.52. The fraction of sp³-hybridized carbons (Fsp3) is 0.500. The van der Waals surface area contributed by atoms with Crippen LogP contribution in [0.5, 0.6) is 0 Å². The molecule has 0 bridgehead atoms. The molecule has 0 atom stereocenters. The molecule has 0 radical (unpaired) electrons. The lowest BCUT2D eigenvalue weighted by Crippen LogP contribution is -1.89.